The molecule has 4 nitrogen and oxygen atoms in total. The Morgan fingerprint density at radius 1 is 1.53 bits per heavy atom. The molecule has 1 fully saturated rings. The number of aromatic nitrogens is 1. The summed E-state index contributed by atoms with van der Waals surface area (Å²) >= 11 is 5.86. The quantitative estimate of drug-likeness (QED) is 0.875. The molecule has 1 aliphatic heterocycles. The molecule has 1 aromatic heterocycles. The third kappa shape index (κ3) is 2.64. The molecule has 1 saturated heterocycles. The number of halogens is 1. The monoisotopic (exact) mass is 254 g/mol. The van der Waals surface area contributed by atoms with Gasteiger partial charge in [-0.2, -0.15) is 0 Å². The molecule has 0 amide bonds. The van der Waals surface area contributed by atoms with Crippen LogP contribution in [0.15, 0.2) is 12.3 Å². The highest BCUT2D eigenvalue weighted by molar-refractivity contribution is 6.30. The second-order valence-corrected chi connectivity index (χ2v) is 4.93. The molecule has 94 valence electrons. The molecule has 5 heteroatoms. The summed E-state index contributed by atoms with van der Waals surface area (Å²) in [5.74, 6) is 0.858. The Bertz CT molecular complexity index is 396. The Labute approximate surface area is 107 Å². The maximum absolute atomic E-state index is 5.96. The highest BCUT2D eigenvalue weighted by Gasteiger charge is 2.24. The number of nitrogen functional groups attached to an aromatic ring is 1. The van der Waals surface area contributed by atoms with Crippen molar-refractivity contribution in [3.63, 3.8) is 0 Å². The molecule has 1 aromatic rings. The van der Waals surface area contributed by atoms with E-state index in [1.54, 1.807) is 12.3 Å². The molecule has 0 spiro atoms. The zero-order chi connectivity index (χ0) is 12.4. The molecule has 2 N–H and O–H groups in total. The predicted octanol–water partition coefficient (Wildman–Crippen LogP) is 1.85. The van der Waals surface area contributed by atoms with E-state index in [2.05, 4.69) is 28.6 Å². The van der Waals surface area contributed by atoms with Crippen LogP contribution in [0.25, 0.3) is 0 Å². The maximum Gasteiger partial charge on any atom is 0.151 e. The first-order chi connectivity index (χ1) is 8.11. The Balaban J connectivity index is 2.14. The van der Waals surface area contributed by atoms with E-state index < -0.39 is 0 Å². The maximum atomic E-state index is 5.96. The van der Waals surface area contributed by atoms with Crippen LogP contribution in [0.2, 0.25) is 5.02 Å². The van der Waals surface area contributed by atoms with E-state index in [0.29, 0.717) is 16.8 Å². The van der Waals surface area contributed by atoms with Gasteiger partial charge in [-0.3, -0.25) is 4.90 Å². The molecular weight excluding hydrogens is 236 g/mol. The minimum atomic E-state index is 0.533. The summed E-state index contributed by atoms with van der Waals surface area (Å²) < 4.78 is 0. The molecule has 0 radical (unpaired) electrons. The van der Waals surface area contributed by atoms with Gasteiger partial charge in [-0.25, -0.2) is 4.98 Å². The van der Waals surface area contributed by atoms with Crippen molar-refractivity contribution in [2.24, 2.45) is 0 Å². The van der Waals surface area contributed by atoms with Gasteiger partial charge >= 0.3 is 0 Å². The van der Waals surface area contributed by atoms with Crippen LogP contribution in [0.4, 0.5) is 11.5 Å². The van der Waals surface area contributed by atoms with Gasteiger partial charge in [0.15, 0.2) is 5.82 Å². The predicted molar refractivity (Wildman–Crippen MR) is 72.6 cm³/mol. The van der Waals surface area contributed by atoms with Gasteiger partial charge in [0.05, 0.1) is 10.7 Å². The number of nitrogens with zero attached hydrogens (tertiary/aromatic N) is 3. The molecule has 2 heterocycles. The Morgan fingerprint density at radius 3 is 2.88 bits per heavy atom. The SMILES string of the molecule is CCN1CCN(c2ncc(Cl)cc2N)CC1C. The minimum Gasteiger partial charge on any atom is -0.396 e. The van der Waals surface area contributed by atoms with Crippen molar-refractivity contribution in [3.05, 3.63) is 17.3 Å². The van der Waals surface area contributed by atoms with E-state index in [4.69, 9.17) is 17.3 Å². The zero-order valence-electron chi connectivity index (χ0n) is 10.4. The van der Waals surface area contributed by atoms with Crippen molar-refractivity contribution in [2.45, 2.75) is 19.9 Å². The summed E-state index contributed by atoms with van der Waals surface area (Å²) in [5.41, 5.74) is 6.62. The van der Waals surface area contributed by atoms with Gasteiger partial charge in [-0.1, -0.05) is 18.5 Å². The second-order valence-electron chi connectivity index (χ2n) is 4.49. The van der Waals surface area contributed by atoms with Gasteiger partial charge in [0.2, 0.25) is 0 Å². The lowest BCUT2D eigenvalue weighted by Crippen LogP contribution is -2.52. The number of piperazine rings is 1. The van der Waals surface area contributed by atoms with Crippen molar-refractivity contribution in [1.82, 2.24) is 9.88 Å². The minimum absolute atomic E-state index is 0.533. The lowest BCUT2D eigenvalue weighted by Gasteiger charge is -2.40. The van der Waals surface area contributed by atoms with E-state index in [9.17, 15) is 0 Å². The van der Waals surface area contributed by atoms with Crippen molar-refractivity contribution in [1.29, 1.82) is 0 Å². The lowest BCUT2D eigenvalue weighted by atomic mass is 10.2. The molecule has 1 aliphatic rings. The van der Waals surface area contributed by atoms with Crippen LogP contribution in [-0.2, 0) is 0 Å². The number of hydrogen-bond acceptors (Lipinski definition) is 4. The number of nitrogens with two attached hydrogens (primary N) is 1. The van der Waals surface area contributed by atoms with Crippen molar-refractivity contribution in [2.75, 3.05) is 36.8 Å². The number of likely N-dealkylation sites (N-methyl/N-ethyl adjacent to an activating group) is 1. The molecule has 17 heavy (non-hydrogen) atoms. The summed E-state index contributed by atoms with van der Waals surface area (Å²) in [6.07, 6.45) is 1.66. The van der Waals surface area contributed by atoms with Crippen LogP contribution in [0, 0.1) is 0 Å². The highest BCUT2D eigenvalue weighted by atomic mass is 35.5. The fourth-order valence-corrected chi connectivity index (χ4v) is 2.54. The van der Waals surface area contributed by atoms with Crippen LogP contribution in [-0.4, -0.2) is 42.1 Å². The van der Waals surface area contributed by atoms with E-state index >= 15 is 0 Å². The van der Waals surface area contributed by atoms with Gasteiger partial charge < -0.3 is 10.6 Å². The average molecular weight is 255 g/mol. The second kappa shape index (κ2) is 5.10. The van der Waals surface area contributed by atoms with Crippen molar-refractivity contribution >= 4 is 23.1 Å². The third-order valence-corrected chi connectivity index (χ3v) is 3.54. The summed E-state index contributed by atoms with van der Waals surface area (Å²) in [4.78, 5) is 9.04. The molecule has 0 aromatic carbocycles. The largest absolute Gasteiger partial charge is 0.396 e. The molecule has 0 saturated carbocycles. The fraction of sp³-hybridized carbons (Fsp3) is 0.583. The topological polar surface area (TPSA) is 45.4 Å². The first-order valence-corrected chi connectivity index (χ1v) is 6.39. The van der Waals surface area contributed by atoms with Crippen molar-refractivity contribution in [3.8, 4) is 0 Å². The summed E-state index contributed by atoms with van der Waals surface area (Å²) in [7, 11) is 0. The van der Waals surface area contributed by atoms with Crippen LogP contribution >= 0.6 is 11.6 Å². The first-order valence-electron chi connectivity index (χ1n) is 6.01. The summed E-state index contributed by atoms with van der Waals surface area (Å²) in [6.45, 7) is 8.52. The molecule has 0 aliphatic carbocycles. The van der Waals surface area contributed by atoms with E-state index in [1.165, 1.54) is 0 Å². The number of anilines is 2. The first kappa shape index (κ1) is 12.5. The average Bonchev–Trinajstić information content (AvgIpc) is 2.29. The number of pyridine rings is 1. The molecule has 0 bridgehead atoms. The smallest absolute Gasteiger partial charge is 0.151 e. The van der Waals surface area contributed by atoms with Gasteiger partial charge in [-0.05, 0) is 19.5 Å². The Morgan fingerprint density at radius 2 is 2.29 bits per heavy atom. The summed E-state index contributed by atoms with van der Waals surface area (Å²) in [6, 6.07) is 2.30. The van der Waals surface area contributed by atoms with Gasteiger partial charge in [-0.15, -0.1) is 0 Å². The van der Waals surface area contributed by atoms with Gasteiger partial charge in [0.25, 0.3) is 0 Å². The molecule has 1 atom stereocenters. The van der Waals surface area contributed by atoms with E-state index in [0.717, 1.165) is 32.0 Å². The van der Waals surface area contributed by atoms with Crippen LogP contribution in [0.5, 0.6) is 0 Å². The summed E-state index contributed by atoms with van der Waals surface area (Å²) in [5, 5.41) is 0.589. The van der Waals surface area contributed by atoms with Gasteiger partial charge in [0, 0.05) is 31.9 Å². The zero-order valence-corrected chi connectivity index (χ0v) is 11.1. The van der Waals surface area contributed by atoms with Crippen LogP contribution in [0.3, 0.4) is 0 Å². The Hall–Kier alpha value is -1.00. The van der Waals surface area contributed by atoms with E-state index in [-0.39, 0.29) is 0 Å². The number of hydrogen-bond donors (Lipinski definition) is 1. The molecular formula is C12H19ClN4. The Kier molecular flexibility index (Phi) is 3.74. The fourth-order valence-electron chi connectivity index (χ4n) is 2.37. The molecule has 2 rings (SSSR count). The highest BCUT2D eigenvalue weighted by Crippen LogP contribution is 2.25. The van der Waals surface area contributed by atoms with Crippen LogP contribution < -0.4 is 10.6 Å². The van der Waals surface area contributed by atoms with Crippen molar-refractivity contribution < 1.29 is 0 Å². The standard InChI is InChI=1S/C12H19ClN4/c1-3-16-4-5-17(8-9(16)2)12-11(14)6-10(13)7-15-12/h6-7,9H,3-5,8,14H2,1-2H3. The number of rotatable bonds is 2. The van der Waals surface area contributed by atoms with Crippen LogP contribution in [0.1, 0.15) is 13.8 Å². The lowest BCUT2D eigenvalue weighted by molar-refractivity contribution is 0.199. The third-order valence-electron chi connectivity index (χ3n) is 3.33. The molecule has 1 unspecified atom stereocenters. The normalized spacial score (nSPS) is 21.8. The van der Waals surface area contributed by atoms with Gasteiger partial charge in [0.1, 0.15) is 0 Å². The van der Waals surface area contributed by atoms with E-state index in [1.807, 2.05) is 0 Å².